The van der Waals surface area contributed by atoms with Gasteiger partial charge in [-0.05, 0) is 45.4 Å². The summed E-state index contributed by atoms with van der Waals surface area (Å²) in [6.45, 7) is 12.2. The maximum absolute atomic E-state index is 4.63. The molecule has 0 amide bonds. The summed E-state index contributed by atoms with van der Waals surface area (Å²) >= 11 is 0. The third-order valence-corrected chi connectivity index (χ3v) is 3.40. The molecule has 1 aromatic rings. The highest BCUT2D eigenvalue weighted by atomic mass is 15.2. The lowest BCUT2D eigenvalue weighted by molar-refractivity contribution is 0.557. The van der Waals surface area contributed by atoms with Crippen molar-refractivity contribution in [2.24, 2.45) is 5.92 Å². The van der Waals surface area contributed by atoms with E-state index in [9.17, 15) is 0 Å². The molecule has 108 valence electrons. The molecule has 0 saturated carbocycles. The molecule has 0 aliphatic carbocycles. The number of rotatable bonds is 7. The van der Waals surface area contributed by atoms with E-state index in [1.807, 2.05) is 13.2 Å². The summed E-state index contributed by atoms with van der Waals surface area (Å²) in [5.41, 5.74) is 2.35. The number of hydrogen-bond acceptors (Lipinski definition) is 3. The Hall–Kier alpha value is -1.09. The maximum atomic E-state index is 4.63. The smallest absolute Gasteiger partial charge is 0.0574 e. The molecular weight excluding hydrogens is 234 g/mol. The molecule has 1 atom stereocenters. The van der Waals surface area contributed by atoms with Crippen molar-refractivity contribution in [3.05, 3.63) is 24.0 Å². The zero-order valence-corrected chi connectivity index (χ0v) is 13.3. The number of nitrogens with zero attached hydrogens (tertiary/aromatic N) is 2. The molecule has 0 saturated heterocycles. The maximum Gasteiger partial charge on any atom is 0.0574 e. The normalized spacial score (nSPS) is 13.1. The second-order valence-electron chi connectivity index (χ2n) is 5.83. The third kappa shape index (κ3) is 4.50. The van der Waals surface area contributed by atoms with Gasteiger partial charge in [-0.3, -0.25) is 4.98 Å². The summed E-state index contributed by atoms with van der Waals surface area (Å²) in [5.74, 6) is 0.655. The number of nitrogens with one attached hydrogen (secondary N) is 1. The SMILES string of the molecule is CCC(NC)c1ccc(N(CC(C)C)C(C)C)cn1. The van der Waals surface area contributed by atoms with Gasteiger partial charge in [0.05, 0.1) is 17.6 Å². The Morgan fingerprint density at radius 1 is 1.21 bits per heavy atom. The average molecular weight is 263 g/mol. The monoisotopic (exact) mass is 263 g/mol. The predicted molar refractivity (Wildman–Crippen MR) is 83.6 cm³/mol. The van der Waals surface area contributed by atoms with Gasteiger partial charge in [0.15, 0.2) is 0 Å². The largest absolute Gasteiger partial charge is 0.368 e. The zero-order chi connectivity index (χ0) is 14.4. The first kappa shape index (κ1) is 16.0. The zero-order valence-electron chi connectivity index (χ0n) is 13.3. The Morgan fingerprint density at radius 3 is 2.26 bits per heavy atom. The average Bonchev–Trinajstić information content (AvgIpc) is 2.38. The summed E-state index contributed by atoms with van der Waals surface area (Å²) in [6, 6.07) is 5.20. The molecule has 1 heterocycles. The molecular formula is C16H29N3. The van der Waals surface area contributed by atoms with Crippen LogP contribution in [0.3, 0.4) is 0 Å². The van der Waals surface area contributed by atoms with Crippen molar-refractivity contribution in [1.29, 1.82) is 0 Å². The van der Waals surface area contributed by atoms with Crippen LogP contribution in [0.15, 0.2) is 18.3 Å². The Balaban J connectivity index is 2.88. The van der Waals surface area contributed by atoms with Crippen molar-refractivity contribution in [2.45, 2.75) is 53.1 Å². The highest BCUT2D eigenvalue weighted by molar-refractivity contribution is 5.45. The highest BCUT2D eigenvalue weighted by Gasteiger charge is 2.14. The summed E-state index contributed by atoms with van der Waals surface area (Å²) < 4.78 is 0. The van der Waals surface area contributed by atoms with Crippen LogP contribution in [-0.2, 0) is 0 Å². The highest BCUT2D eigenvalue weighted by Crippen LogP contribution is 2.21. The van der Waals surface area contributed by atoms with Gasteiger partial charge in [-0.25, -0.2) is 0 Å². The Morgan fingerprint density at radius 2 is 1.89 bits per heavy atom. The van der Waals surface area contributed by atoms with Crippen molar-refractivity contribution >= 4 is 5.69 Å². The van der Waals surface area contributed by atoms with Gasteiger partial charge >= 0.3 is 0 Å². The van der Waals surface area contributed by atoms with Gasteiger partial charge in [-0.2, -0.15) is 0 Å². The summed E-state index contributed by atoms with van der Waals surface area (Å²) in [4.78, 5) is 7.05. The lowest BCUT2D eigenvalue weighted by atomic mass is 10.1. The fourth-order valence-electron chi connectivity index (χ4n) is 2.34. The molecule has 0 aliphatic heterocycles. The van der Waals surface area contributed by atoms with Crippen LogP contribution >= 0.6 is 0 Å². The molecule has 1 aromatic heterocycles. The van der Waals surface area contributed by atoms with Crippen LogP contribution in [0.5, 0.6) is 0 Å². The molecule has 0 bridgehead atoms. The molecule has 0 radical (unpaired) electrons. The Kier molecular flexibility index (Phi) is 6.29. The molecule has 0 spiro atoms. The fourth-order valence-corrected chi connectivity index (χ4v) is 2.34. The van der Waals surface area contributed by atoms with Gasteiger partial charge in [0.1, 0.15) is 0 Å². The van der Waals surface area contributed by atoms with Crippen molar-refractivity contribution in [2.75, 3.05) is 18.5 Å². The first-order valence-electron chi connectivity index (χ1n) is 7.39. The van der Waals surface area contributed by atoms with E-state index < -0.39 is 0 Å². The molecule has 1 unspecified atom stereocenters. The summed E-state index contributed by atoms with van der Waals surface area (Å²) in [7, 11) is 1.99. The molecule has 3 nitrogen and oxygen atoms in total. The van der Waals surface area contributed by atoms with E-state index in [1.165, 1.54) is 5.69 Å². The number of aromatic nitrogens is 1. The molecule has 3 heteroatoms. The fraction of sp³-hybridized carbons (Fsp3) is 0.688. The van der Waals surface area contributed by atoms with Crippen LogP contribution in [-0.4, -0.2) is 24.6 Å². The van der Waals surface area contributed by atoms with Crippen LogP contribution in [0.4, 0.5) is 5.69 Å². The van der Waals surface area contributed by atoms with Gasteiger partial charge in [0.25, 0.3) is 0 Å². The van der Waals surface area contributed by atoms with Crippen LogP contribution in [0.2, 0.25) is 0 Å². The lowest BCUT2D eigenvalue weighted by Crippen LogP contribution is -2.34. The van der Waals surface area contributed by atoms with Crippen LogP contribution in [0, 0.1) is 5.92 Å². The molecule has 19 heavy (non-hydrogen) atoms. The minimum atomic E-state index is 0.353. The van der Waals surface area contributed by atoms with E-state index in [1.54, 1.807) is 0 Å². The van der Waals surface area contributed by atoms with Crippen LogP contribution in [0.25, 0.3) is 0 Å². The van der Waals surface area contributed by atoms with Gasteiger partial charge in [-0.1, -0.05) is 20.8 Å². The van der Waals surface area contributed by atoms with E-state index in [0.717, 1.165) is 18.7 Å². The molecule has 1 rings (SSSR count). The van der Waals surface area contributed by atoms with Gasteiger partial charge < -0.3 is 10.2 Å². The van der Waals surface area contributed by atoms with Crippen LogP contribution in [0.1, 0.15) is 52.8 Å². The number of hydrogen-bond donors (Lipinski definition) is 1. The molecule has 0 aromatic carbocycles. The minimum absolute atomic E-state index is 0.353. The standard InChI is InChI=1S/C16H29N3/c1-7-15(17-6)16-9-8-14(10-18-16)19(13(4)5)11-12(2)3/h8-10,12-13,15,17H,7,11H2,1-6H3. The second kappa shape index (κ2) is 7.49. The van der Waals surface area contributed by atoms with E-state index in [0.29, 0.717) is 18.0 Å². The second-order valence-corrected chi connectivity index (χ2v) is 5.83. The van der Waals surface area contributed by atoms with Crippen LogP contribution < -0.4 is 10.2 Å². The Bertz CT molecular complexity index is 353. The first-order chi connectivity index (χ1) is 8.99. The van der Waals surface area contributed by atoms with Crippen molar-refractivity contribution in [1.82, 2.24) is 10.3 Å². The quantitative estimate of drug-likeness (QED) is 0.814. The van der Waals surface area contributed by atoms with Crippen molar-refractivity contribution < 1.29 is 0 Å². The summed E-state index contributed by atoms with van der Waals surface area (Å²) in [6.07, 6.45) is 3.07. The lowest BCUT2D eigenvalue weighted by Gasteiger charge is -2.30. The third-order valence-electron chi connectivity index (χ3n) is 3.40. The predicted octanol–water partition coefficient (Wildman–Crippen LogP) is 3.62. The van der Waals surface area contributed by atoms with Gasteiger partial charge in [0.2, 0.25) is 0 Å². The molecule has 0 fully saturated rings. The van der Waals surface area contributed by atoms with Gasteiger partial charge in [-0.15, -0.1) is 0 Å². The molecule has 1 N–H and O–H groups in total. The Labute approximate surface area is 118 Å². The van der Waals surface area contributed by atoms with E-state index in [4.69, 9.17) is 0 Å². The first-order valence-corrected chi connectivity index (χ1v) is 7.39. The van der Waals surface area contributed by atoms with Crippen molar-refractivity contribution in [3.8, 4) is 0 Å². The topological polar surface area (TPSA) is 28.2 Å². The van der Waals surface area contributed by atoms with E-state index in [2.05, 4.69) is 62.0 Å². The molecule has 0 aliphatic rings. The van der Waals surface area contributed by atoms with Crippen molar-refractivity contribution in [3.63, 3.8) is 0 Å². The summed E-state index contributed by atoms with van der Waals surface area (Å²) in [5, 5.41) is 3.30. The number of anilines is 1. The van der Waals surface area contributed by atoms with E-state index >= 15 is 0 Å². The van der Waals surface area contributed by atoms with E-state index in [-0.39, 0.29) is 0 Å². The number of pyridine rings is 1. The van der Waals surface area contributed by atoms with Gasteiger partial charge in [0, 0.05) is 18.6 Å². The minimum Gasteiger partial charge on any atom is -0.368 e.